The fourth-order valence-corrected chi connectivity index (χ4v) is 2.97. The molecule has 0 unspecified atom stereocenters. The van der Waals surface area contributed by atoms with E-state index >= 15 is 0 Å². The van der Waals surface area contributed by atoms with E-state index in [-0.39, 0.29) is 5.92 Å². The van der Waals surface area contributed by atoms with Gasteiger partial charge in [-0.1, -0.05) is 25.9 Å². The van der Waals surface area contributed by atoms with E-state index in [9.17, 15) is 0 Å². The van der Waals surface area contributed by atoms with E-state index in [1.54, 1.807) is 0 Å². The first-order chi connectivity index (χ1) is 11.6. The molecule has 0 bridgehead atoms. The fourth-order valence-electron chi connectivity index (χ4n) is 2.09. The van der Waals surface area contributed by atoms with E-state index in [4.69, 9.17) is 4.52 Å². The highest BCUT2D eigenvalue weighted by atomic mass is 32.1. The number of aromatic nitrogens is 2. The molecule has 2 N–H and O–H groups in total. The van der Waals surface area contributed by atoms with Gasteiger partial charge in [-0.05, 0) is 25.5 Å². The molecule has 0 aliphatic rings. The smallest absolute Gasteiger partial charge is 0.228 e. The monoisotopic (exact) mass is 349 g/mol. The van der Waals surface area contributed by atoms with Crippen LogP contribution in [0.5, 0.6) is 0 Å². The zero-order valence-electron chi connectivity index (χ0n) is 14.9. The minimum Gasteiger partial charge on any atom is -0.357 e. The van der Waals surface area contributed by atoms with E-state index in [1.807, 2.05) is 11.3 Å². The Balaban J connectivity index is 1.84. The molecule has 6 nitrogen and oxygen atoms in total. The average Bonchev–Trinajstić information content (AvgIpc) is 3.21. The van der Waals surface area contributed by atoms with Crippen LogP contribution in [-0.2, 0) is 19.4 Å². The van der Waals surface area contributed by atoms with Crippen LogP contribution in [-0.4, -0.2) is 29.2 Å². The Labute approximate surface area is 147 Å². The maximum absolute atomic E-state index is 5.25. The number of rotatable bonds is 8. The Morgan fingerprint density at radius 3 is 2.67 bits per heavy atom. The summed E-state index contributed by atoms with van der Waals surface area (Å²) in [5.41, 5.74) is 0. The van der Waals surface area contributed by atoms with Gasteiger partial charge in [-0.15, -0.1) is 11.3 Å². The van der Waals surface area contributed by atoms with Crippen molar-refractivity contribution in [3.8, 4) is 0 Å². The highest BCUT2D eigenvalue weighted by Gasteiger charge is 2.09. The summed E-state index contributed by atoms with van der Waals surface area (Å²) in [4.78, 5) is 11.7. The maximum atomic E-state index is 5.25. The molecule has 132 valence electrons. The van der Waals surface area contributed by atoms with E-state index in [1.165, 1.54) is 9.75 Å². The van der Waals surface area contributed by atoms with Crippen LogP contribution >= 0.6 is 11.3 Å². The van der Waals surface area contributed by atoms with Gasteiger partial charge in [-0.3, -0.25) is 0 Å². The zero-order valence-corrected chi connectivity index (χ0v) is 15.7. The number of aryl methyl sites for hydroxylation is 1. The molecule has 2 heterocycles. The summed E-state index contributed by atoms with van der Waals surface area (Å²) < 4.78 is 5.25. The quantitative estimate of drug-likeness (QED) is 0.566. The van der Waals surface area contributed by atoms with Gasteiger partial charge in [0, 0.05) is 35.2 Å². The SMILES string of the molecule is CCNC(=NCc1ccc(CC)s1)NCCc1nc(C(C)C)no1. The van der Waals surface area contributed by atoms with E-state index in [0.29, 0.717) is 25.4 Å². The average molecular weight is 350 g/mol. The standard InChI is InChI=1S/C17H27N5OS/c1-5-13-7-8-14(24-13)11-20-17(18-6-2)19-10-9-15-21-16(12(3)4)22-23-15/h7-8,12H,5-6,9-11H2,1-4H3,(H2,18,19,20). The van der Waals surface area contributed by atoms with E-state index < -0.39 is 0 Å². The molecule has 0 saturated carbocycles. The van der Waals surface area contributed by atoms with Crippen molar-refractivity contribution < 1.29 is 4.52 Å². The van der Waals surface area contributed by atoms with Crippen molar-refractivity contribution in [1.29, 1.82) is 0 Å². The zero-order chi connectivity index (χ0) is 17.4. The number of hydrogen-bond acceptors (Lipinski definition) is 5. The van der Waals surface area contributed by atoms with Crippen LogP contribution < -0.4 is 10.6 Å². The Bertz CT molecular complexity index is 647. The molecule has 2 aromatic heterocycles. The lowest BCUT2D eigenvalue weighted by atomic mass is 10.2. The second-order valence-electron chi connectivity index (χ2n) is 5.79. The van der Waals surface area contributed by atoms with Crippen molar-refractivity contribution in [2.75, 3.05) is 13.1 Å². The van der Waals surface area contributed by atoms with Gasteiger partial charge in [0.1, 0.15) is 0 Å². The lowest BCUT2D eigenvalue weighted by molar-refractivity contribution is 0.371. The predicted octanol–water partition coefficient (Wildman–Crippen LogP) is 3.11. The van der Waals surface area contributed by atoms with Crippen molar-refractivity contribution >= 4 is 17.3 Å². The van der Waals surface area contributed by atoms with Crippen molar-refractivity contribution in [3.05, 3.63) is 33.6 Å². The summed E-state index contributed by atoms with van der Waals surface area (Å²) >= 11 is 1.82. The number of thiophene rings is 1. The molecule has 24 heavy (non-hydrogen) atoms. The molecule has 7 heteroatoms. The summed E-state index contributed by atoms with van der Waals surface area (Å²) in [5, 5.41) is 10.6. The molecule has 0 spiro atoms. The minimum atomic E-state index is 0.285. The second kappa shape index (κ2) is 9.42. The molecule has 0 radical (unpaired) electrons. The third-order valence-corrected chi connectivity index (χ3v) is 4.65. The van der Waals surface area contributed by atoms with Gasteiger partial charge in [0.05, 0.1) is 6.54 Å². The van der Waals surface area contributed by atoms with Crippen LogP contribution in [0.25, 0.3) is 0 Å². The van der Waals surface area contributed by atoms with Gasteiger partial charge in [0.15, 0.2) is 11.8 Å². The van der Waals surface area contributed by atoms with Crippen molar-refractivity contribution in [3.63, 3.8) is 0 Å². The second-order valence-corrected chi connectivity index (χ2v) is 7.05. The van der Waals surface area contributed by atoms with Gasteiger partial charge in [0.2, 0.25) is 5.89 Å². The third kappa shape index (κ3) is 5.63. The first-order valence-corrected chi connectivity index (χ1v) is 9.36. The summed E-state index contributed by atoms with van der Waals surface area (Å²) in [5.74, 6) is 2.52. The minimum absolute atomic E-state index is 0.285. The maximum Gasteiger partial charge on any atom is 0.228 e. The van der Waals surface area contributed by atoms with Gasteiger partial charge in [-0.2, -0.15) is 4.98 Å². The third-order valence-electron chi connectivity index (χ3n) is 3.43. The van der Waals surface area contributed by atoms with E-state index in [2.05, 4.69) is 65.6 Å². The van der Waals surface area contributed by atoms with Crippen LogP contribution in [0.2, 0.25) is 0 Å². The van der Waals surface area contributed by atoms with Gasteiger partial charge < -0.3 is 15.2 Å². The molecule has 0 saturated heterocycles. The van der Waals surface area contributed by atoms with Crippen LogP contribution in [0.4, 0.5) is 0 Å². The molecular weight excluding hydrogens is 322 g/mol. The molecule has 2 aromatic rings. The summed E-state index contributed by atoms with van der Waals surface area (Å²) in [6, 6.07) is 4.33. The van der Waals surface area contributed by atoms with Crippen molar-refractivity contribution in [2.24, 2.45) is 4.99 Å². The summed E-state index contributed by atoms with van der Waals surface area (Å²) in [6.45, 7) is 10.6. The number of hydrogen-bond donors (Lipinski definition) is 2. The van der Waals surface area contributed by atoms with Crippen molar-refractivity contribution in [1.82, 2.24) is 20.8 Å². The topological polar surface area (TPSA) is 75.3 Å². The summed E-state index contributed by atoms with van der Waals surface area (Å²) in [7, 11) is 0. The van der Waals surface area contributed by atoms with Crippen LogP contribution in [0.15, 0.2) is 21.6 Å². The predicted molar refractivity (Wildman–Crippen MR) is 98.6 cm³/mol. The van der Waals surface area contributed by atoms with Crippen molar-refractivity contribution in [2.45, 2.75) is 53.0 Å². The normalized spacial score (nSPS) is 12.0. The molecule has 2 rings (SSSR count). The molecule has 0 atom stereocenters. The van der Waals surface area contributed by atoms with Gasteiger partial charge >= 0.3 is 0 Å². The number of aliphatic imine (C=N–C) groups is 1. The number of nitrogens with zero attached hydrogens (tertiary/aromatic N) is 3. The Morgan fingerprint density at radius 2 is 2.04 bits per heavy atom. The first kappa shape index (κ1) is 18.4. The molecular formula is C17H27N5OS. The summed E-state index contributed by atoms with van der Waals surface area (Å²) in [6.07, 6.45) is 1.76. The Kier molecular flexibility index (Phi) is 7.24. The van der Waals surface area contributed by atoms with Crippen LogP contribution in [0, 0.1) is 0 Å². The highest BCUT2D eigenvalue weighted by Crippen LogP contribution is 2.17. The molecule has 0 fully saturated rings. The van der Waals surface area contributed by atoms with Gasteiger partial charge in [0.25, 0.3) is 0 Å². The van der Waals surface area contributed by atoms with Gasteiger partial charge in [-0.25, -0.2) is 4.99 Å². The Morgan fingerprint density at radius 1 is 1.25 bits per heavy atom. The lowest BCUT2D eigenvalue weighted by Crippen LogP contribution is -2.38. The molecule has 0 aliphatic carbocycles. The molecule has 0 aromatic carbocycles. The number of guanidine groups is 1. The lowest BCUT2D eigenvalue weighted by Gasteiger charge is -2.09. The largest absolute Gasteiger partial charge is 0.357 e. The Hall–Kier alpha value is -1.89. The highest BCUT2D eigenvalue weighted by molar-refractivity contribution is 7.11. The molecule has 0 amide bonds. The molecule has 0 aliphatic heterocycles. The fraction of sp³-hybridized carbons (Fsp3) is 0.588. The van der Waals surface area contributed by atoms with Crippen LogP contribution in [0.3, 0.4) is 0 Å². The van der Waals surface area contributed by atoms with E-state index in [0.717, 1.165) is 24.7 Å². The number of nitrogens with one attached hydrogen (secondary N) is 2. The first-order valence-electron chi connectivity index (χ1n) is 8.54. The van der Waals surface area contributed by atoms with Crippen LogP contribution in [0.1, 0.15) is 55.1 Å².